The minimum Gasteiger partial charge on any atom is -0.322 e. The number of nitrogens with zero attached hydrogens (tertiary/aromatic N) is 3. The number of urea groups is 1. The van der Waals surface area contributed by atoms with E-state index in [1.165, 1.54) is 4.31 Å². The normalized spacial score (nSPS) is 16.7. The van der Waals surface area contributed by atoms with Crippen molar-refractivity contribution < 1.29 is 13.2 Å². The number of amides is 2. The smallest absolute Gasteiger partial charge is 0.321 e. The van der Waals surface area contributed by atoms with Gasteiger partial charge >= 0.3 is 6.03 Å². The first-order valence-corrected chi connectivity index (χ1v) is 8.57. The van der Waals surface area contributed by atoms with E-state index >= 15 is 0 Å². The van der Waals surface area contributed by atoms with Crippen molar-refractivity contribution in [3.05, 3.63) is 24.5 Å². The molecular weight excluding hydrogens is 292 g/mol. The fourth-order valence-electron chi connectivity index (χ4n) is 2.19. The molecule has 2 amide bonds. The van der Waals surface area contributed by atoms with Crippen LogP contribution in [-0.4, -0.2) is 60.6 Å². The zero-order valence-electron chi connectivity index (χ0n) is 12.0. The van der Waals surface area contributed by atoms with Gasteiger partial charge in [-0.05, 0) is 18.6 Å². The summed E-state index contributed by atoms with van der Waals surface area (Å²) in [6, 6.07) is 3.20. The number of sulfonamides is 1. The molecule has 8 heteroatoms. The molecule has 1 aromatic rings. The van der Waals surface area contributed by atoms with Gasteiger partial charge in [-0.2, -0.15) is 4.31 Å². The highest BCUT2D eigenvalue weighted by atomic mass is 32.2. The predicted molar refractivity (Wildman–Crippen MR) is 80.5 cm³/mol. The van der Waals surface area contributed by atoms with E-state index in [0.29, 0.717) is 38.3 Å². The van der Waals surface area contributed by atoms with Gasteiger partial charge in [0.1, 0.15) is 0 Å². The Balaban J connectivity index is 1.88. The molecule has 0 radical (unpaired) electrons. The van der Waals surface area contributed by atoms with Crippen molar-refractivity contribution in [3.8, 4) is 0 Å². The Morgan fingerprint density at radius 1 is 1.24 bits per heavy atom. The average Bonchev–Trinajstić information content (AvgIpc) is 2.48. The van der Waals surface area contributed by atoms with Crippen molar-refractivity contribution in [2.45, 2.75) is 13.3 Å². The summed E-state index contributed by atoms with van der Waals surface area (Å²) >= 11 is 0. The van der Waals surface area contributed by atoms with Crippen LogP contribution in [0.4, 0.5) is 10.5 Å². The van der Waals surface area contributed by atoms with Gasteiger partial charge in [0.25, 0.3) is 0 Å². The summed E-state index contributed by atoms with van der Waals surface area (Å²) in [5.41, 5.74) is 0.677. The summed E-state index contributed by atoms with van der Waals surface area (Å²) in [6.45, 7) is 3.36. The van der Waals surface area contributed by atoms with Gasteiger partial charge in [-0.1, -0.05) is 6.92 Å². The Morgan fingerprint density at radius 2 is 1.86 bits per heavy atom. The van der Waals surface area contributed by atoms with Gasteiger partial charge in [-0.3, -0.25) is 4.98 Å². The molecule has 0 saturated carbocycles. The third-order valence-electron chi connectivity index (χ3n) is 3.31. The maximum atomic E-state index is 12.1. The molecule has 1 aliphatic rings. The molecular formula is C13H20N4O3S. The van der Waals surface area contributed by atoms with E-state index in [1.807, 2.05) is 6.92 Å². The molecule has 1 saturated heterocycles. The average molecular weight is 312 g/mol. The summed E-state index contributed by atoms with van der Waals surface area (Å²) in [4.78, 5) is 17.6. The maximum Gasteiger partial charge on any atom is 0.321 e. The number of hydrogen-bond donors (Lipinski definition) is 1. The van der Waals surface area contributed by atoms with Gasteiger partial charge < -0.3 is 10.2 Å². The molecule has 2 rings (SSSR count). The van der Waals surface area contributed by atoms with Crippen molar-refractivity contribution >= 4 is 21.7 Å². The molecule has 1 aromatic heterocycles. The number of anilines is 1. The third kappa shape index (κ3) is 4.15. The van der Waals surface area contributed by atoms with E-state index in [9.17, 15) is 13.2 Å². The number of rotatable bonds is 4. The first kappa shape index (κ1) is 15.7. The number of aromatic nitrogens is 1. The van der Waals surface area contributed by atoms with E-state index in [4.69, 9.17) is 0 Å². The molecule has 0 spiro atoms. The van der Waals surface area contributed by atoms with E-state index < -0.39 is 10.0 Å². The van der Waals surface area contributed by atoms with E-state index in [0.717, 1.165) is 0 Å². The minimum absolute atomic E-state index is 0.163. The first-order chi connectivity index (χ1) is 10.0. The van der Waals surface area contributed by atoms with Crippen molar-refractivity contribution in [1.82, 2.24) is 14.2 Å². The SMILES string of the molecule is CCCS(=O)(=O)N1CCN(C(=O)Nc2ccncc2)CC1. The predicted octanol–water partition coefficient (Wildman–Crippen LogP) is 0.971. The number of hydrogen-bond acceptors (Lipinski definition) is 4. The molecule has 1 aliphatic heterocycles. The summed E-state index contributed by atoms with van der Waals surface area (Å²) in [6.07, 6.45) is 3.81. The third-order valence-corrected chi connectivity index (χ3v) is 5.39. The number of carbonyl (C=O) groups excluding carboxylic acids is 1. The minimum atomic E-state index is -3.17. The highest BCUT2D eigenvalue weighted by Crippen LogP contribution is 2.11. The van der Waals surface area contributed by atoms with E-state index in [2.05, 4.69) is 10.3 Å². The fraction of sp³-hybridized carbons (Fsp3) is 0.538. The quantitative estimate of drug-likeness (QED) is 0.898. The van der Waals surface area contributed by atoms with Crippen LogP contribution in [0.3, 0.4) is 0 Å². The Morgan fingerprint density at radius 3 is 2.43 bits per heavy atom. The number of pyridine rings is 1. The largest absolute Gasteiger partial charge is 0.322 e. The molecule has 0 aliphatic carbocycles. The Labute approximate surface area is 125 Å². The van der Waals surface area contributed by atoms with Crippen LogP contribution in [0.2, 0.25) is 0 Å². The molecule has 0 unspecified atom stereocenters. The van der Waals surface area contributed by atoms with Crippen LogP contribution in [0.25, 0.3) is 0 Å². The highest BCUT2D eigenvalue weighted by molar-refractivity contribution is 7.89. The van der Waals surface area contributed by atoms with Crippen molar-refractivity contribution in [1.29, 1.82) is 0 Å². The Kier molecular flexibility index (Phi) is 5.13. The van der Waals surface area contributed by atoms with Crippen LogP contribution in [0.1, 0.15) is 13.3 Å². The topological polar surface area (TPSA) is 82.6 Å². The van der Waals surface area contributed by atoms with Gasteiger partial charge in [0.2, 0.25) is 10.0 Å². The van der Waals surface area contributed by atoms with Gasteiger partial charge in [0, 0.05) is 44.3 Å². The molecule has 1 fully saturated rings. The fourth-order valence-corrected chi connectivity index (χ4v) is 3.69. The molecule has 1 N–H and O–H groups in total. The maximum absolute atomic E-state index is 12.1. The lowest BCUT2D eigenvalue weighted by atomic mass is 10.3. The van der Waals surface area contributed by atoms with Crippen LogP contribution >= 0.6 is 0 Å². The first-order valence-electron chi connectivity index (χ1n) is 6.96. The van der Waals surface area contributed by atoms with Gasteiger partial charge in [0.15, 0.2) is 0 Å². The molecule has 2 heterocycles. The number of nitrogens with one attached hydrogen (secondary N) is 1. The van der Waals surface area contributed by atoms with Crippen LogP contribution in [0, 0.1) is 0 Å². The lowest BCUT2D eigenvalue weighted by Gasteiger charge is -2.33. The second-order valence-electron chi connectivity index (χ2n) is 4.87. The highest BCUT2D eigenvalue weighted by Gasteiger charge is 2.28. The van der Waals surface area contributed by atoms with Crippen molar-refractivity contribution in [2.75, 3.05) is 37.2 Å². The van der Waals surface area contributed by atoms with E-state index in [-0.39, 0.29) is 11.8 Å². The molecule has 0 aromatic carbocycles. The van der Waals surface area contributed by atoms with Crippen LogP contribution in [0.15, 0.2) is 24.5 Å². The lowest BCUT2D eigenvalue weighted by Crippen LogP contribution is -2.52. The second-order valence-corrected chi connectivity index (χ2v) is 6.96. The van der Waals surface area contributed by atoms with Crippen LogP contribution in [0.5, 0.6) is 0 Å². The zero-order chi connectivity index (χ0) is 15.3. The van der Waals surface area contributed by atoms with Gasteiger partial charge in [-0.25, -0.2) is 13.2 Å². The van der Waals surface area contributed by atoms with Crippen LogP contribution < -0.4 is 5.32 Å². The summed E-state index contributed by atoms with van der Waals surface area (Å²) < 4.78 is 25.4. The van der Waals surface area contributed by atoms with Crippen molar-refractivity contribution in [2.24, 2.45) is 0 Å². The molecule has 7 nitrogen and oxygen atoms in total. The summed E-state index contributed by atoms with van der Waals surface area (Å²) in [7, 11) is -3.17. The Hall–Kier alpha value is -1.67. The van der Waals surface area contributed by atoms with E-state index in [1.54, 1.807) is 29.4 Å². The number of piperazine rings is 1. The monoisotopic (exact) mass is 312 g/mol. The van der Waals surface area contributed by atoms with Crippen LogP contribution in [-0.2, 0) is 10.0 Å². The summed E-state index contributed by atoms with van der Waals surface area (Å²) in [5.74, 6) is 0.163. The second kappa shape index (κ2) is 6.86. The lowest BCUT2D eigenvalue weighted by molar-refractivity contribution is 0.184. The van der Waals surface area contributed by atoms with Crippen molar-refractivity contribution in [3.63, 3.8) is 0 Å². The number of carbonyl (C=O) groups is 1. The van der Waals surface area contributed by atoms with Gasteiger partial charge in [-0.15, -0.1) is 0 Å². The Bertz CT molecular complexity index is 568. The summed E-state index contributed by atoms with van der Waals surface area (Å²) in [5, 5.41) is 2.77. The molecule has 0 atom stereocenters. The molecule has 0 bridgehead atoms. The zero-order valence-corrected chi connectivity index (χ0v) is 12.8. The standard InChI is InChI=1S/C13H20N4O3S/c1-2-11-21(19,20)17-9-7-16(8-10-17)13(18)15-12-3-5-14-6-4-12/h3-6H,2,7-11H2,1H3,(H,14,15,18). The molecule has 21 heavy (non-hydrogen) atoms. The molecule has 116 valence electrons. The van der Waals surface area contributed by atoms with Gasteiger partial charge in [0.05, 0.1) is 5.75 Å².